The van der Waals surface area contributed by atoms with Crippen molar-refractivity contribution in [3.63, 3.8) is 0 Å². The zero-order chi connectivity index (χ0) is 12.3. The fraction of sp³-hybridized carbons (Fsp3) is 0.0833. The summed E-state index contributed by atoms with van der Waals surface area (Å²) in [5, 5.41) is 22.4. The quantitative estimate of drug-likeness (QED) is 0.579. The molecule has 0 fully saturated rings. The number of phenols is 2. The lowest BCUT2D eigenvalue weighted by Gasteiger charge is -2.08. The molecule has 0 spiro atoms. The minimum absolute atomic E-state index is 0.111. The van der Waals surface area contributed by atoms with Crippen LogP contribution in [0.25, 0.3) is 0 Å². The summed E-state index contributed by atoms with van der Waals surface area (Å²) < 4.78 is 0. The molecule has 2 aromatic rings. The number of halogens is 1. The smallest absolute Gasteiger partial charge is 0.162 e. The maximum atomic E-state index is 9.60. The minimum atomic E-state index is -0.128. The molecule has 0 saturated heterocycles. The van der Waals surface area contributed by atoms with E-state index in [2.05, 4.69) is 10.3 Å². The summed E-state index contributed by atoms with van der Waals surface area (Å²) in [6.45, 7) is 0.389. The van der Waals surface area contributed by atoms with Gasteiger partial charge in [-0.2, -0.15) is 0 Å². The molecule has 0 saturated carbocycles. The number of benzene rings is 1. The first-order valence-electron chi connectivity index (χ1n) is 5.02. The number of phenolic OH excluding ortho intramolecular Hbond substituents is 2. The molecular weight excluding hydrogens is 240 g/mol. The molecule has 1 aromatic heterocycles. The van der Waals surface area contributed by atoms with Gasteiger partial charge in [0.05, 0.1) is 0 Å². The van der Waals surface area contributed by atoms with Gasteiger partial charge < -0.3 is 15.5 Å². The van der Waals surface area contributed by atoms with E-state index in [1.54, 1.807) is 30.5 Å². The number of aromatic nitrogens is 1. The molecule has 1 aromatic carbocycles. The molecule has 0 bridgehead atoms. The fourth-order valence-electron chi connectivity index (χ4n) is 1.43. The number of para-hydroxylation sites is 1. The molecule has 2 rings (SSSR count). The first-order valence-corrected chi connectivity index (χ1v) is 5.40. The van der Waals surface area contributed by atoms with Crippen molar-refractivity contribution >= 4 is 17.3 Å². The van der Waals surface area contributed by atoms with Crippen molar-refractivity contribution < 1.29 is 10.2 Å². The Balaban J connectivity index is 2.10. The molecule has 0 aliphatic rings. The van der Waals surface area contributed by atoms with E-state index < -0.39 is 0 Å². The molecule has 0 unspecified atom stereocenters. The second-order valence-corrected chi connectivity index (χ2v) is 3.89. The van der Waals surface area contributed by atoms with Crippen LogP contribution in [0.4, 0.5) is 5.69 Å². The van der Waals surface area contributed by atoms with Crippen LogP contribution >= 0.6 is 11.6 Å². The van der Waals surface area contributed by atoms with Crippen molar-refractivity contribution in [3.8, 4) is 11.5 Å². The molecule has 4 nitrogen and oxygen atoms in total. The van der Waals surface area contributed by atoms with Gasteiger partial charge in [0, 0.05) is 24.0 Å². The third-order valence-corrected chi connectivity index (χ3v) is 2.51. The highest BCUT2D eigenvalue weighted by Crippen LogP contribution is 2.28. The van der Waals surface area contributed by atoms with Gasteiger partial charge >= 0.3 is 0 Å². The standard InChI is InChI=1S/C12H11ClN2O2/c13-11-6-9(4-5-14-11)15-7-8-2-1-3-10(16)12(8)17/h1-6,16-17H,7H2,(H,14,15). The van der Waals surface area contributed by atoms with Crippen molar-refractivity contribution in [2.45, 2.75) is 6.54 Å². The van der Waals surface area contributed by atoms with Gasteiger partial charge in [0.2, 0.25) is 0 Å². The van der Waals surface area contributed by atoms with Gasteiger partial charge in [-0.05, 0) is 18.2 Å². The van der Waals surface area contributed by atoms with E-state index in [1.807, 2.05) is 0 Å². The number of nitrogens with zero attached hydrogens (tertiary/aromatic N) is 1. The van der Waals surface area contributed by atoms with Crippen LogP contribution in [0, 0.1) is 0 Å². The molecule has 5 heteroatoms. The van der Waals surface area contributed by atoms with Crippen LogP contribution in [0.5, 0.6) is 11.5 Å². The number of hydrogen-bond donors (Lipinski definition) is 3. The lowest BCUT2D eigenvalue weighted by atomic mass is 10.2. The summed E-state index contributed by atoms with van der Waals surface area (Å²) in [4.78, 5) is 3.86. The Labute approximate surface area is 104 Å². The van der Waals surface area contributed by atoms with E-state index >= 15 is 0 Å². The molecule has 0 radical (unpaired) electrons. The summed E-state index contributed by atoms with van der Waals surface area (Å²) in [5.41, 5.74) is 1.41. The first-order chi connectivity index (χ1) is 8.16. The Hall–Kier alpha value is -1.94. The van der Waals surface area contributed by atoms with Crippen molar-refractivity contribution in [2.24, 2.45) is 0 Å². The van der Waals surface area contributed by atoms with Crippen LogP contribution in [-0.2, 0) is 6.54 Å². The van der Waals surface area contributed by atoms with Gasteiger partial charge in [-0.15, -0.1) is 0 Å². The van der Waals surface area contributed by atoms with Crippen LogP contribution in [0.1, 0.15) is 5.56 Å². The maximum absolute atomic E-state index is 9.60. The molecular formula is C12H11ClN2O2. The van der Waals surface area contributed by atoms with Crippen LogP contribution in [0.2, 0.25) is 5.15 Å². The monoisotopic (exact) mass is 250 g/mol. The second-order valence-electron chi connectivity index (χ2n) is 3.51. The summed E-state index contributed by atoms with van der Waals surface area (Å²) in [5.74, 6) is -0.239. The van der Waals surface area contributed by atoms with Gasteiger partial charge in [0.25, 0.3) is 0 Å². The maximum Gasteiger partial charge on any atom is 0.162 e. The van der Waals surface area contributed by atoms with Crippen LogP contribution < -0.4 is 5.32 Å². The minimum Gasteiger partial charge on any atom is -0.504 e. The molecule has 0 atom stereocenters. The van der Waals surface area contributed by atoms with E-state index in [-0.39, 0.29) is 11.5 Å². The van der Waals surface area contributed by atoms with Gasteiger partial charge in [-0.1, -0.05) is 23.7 Å². The molecule has 88 valence electrons. The lowest BCUT2D eigenvalue weighted by molar-refractivity contribution is 0.400. The summed E-state index contributed by atoms with van der Waals surface area (Å²) in [7, 11) is 0. The fourth-order valence-corrected chi connectivity index (χ4v) is 1.60. The largest absolute Gasteiger partial charge is 0.504 e. The van der Waals surface area contributed by atoms with E-state index in [0.717, 1.165) is 5.69 Å². The third kappa shape index (κ3) is 2.79. The van der Waals surface area contributed by atoms with Crippen molar-refractivity contribution in [3.05, 3.63) is 47.2 Å². The number of pyridine rings is 1. The van der Waals surface area contributed by atoms with Crippen LogP contribution in [-0.4, -0.2) is 15.2 Å². The molecule has 1 heterocycles. The lowest BCUT2D eigenvalue weighted by Crippen LogP contribution is -1.99. The predicted molar refractivity (Wildman–Crippen MR) is 66.3 cm³/mol. The molecule has 0 aliphatic carbocycles. The van der Waals surface area contributed by atoms with Gasteiger partial charge in [-0.3, -0.25) is 0 Å². The normalized spacial score (nSPS) is 10.2. The number of hydrogen-bond acceptors (Lipinski definition) is 4. The highest BCUT2D eigenvalue weighted by atomic mass is 35.5. The highest BCUT2D eigenvalue weighted by Gasteiger charge is 2.05. The van der Waals surface area contributed by atoms with Gasteiger partial charge in [-0.25, -0.2) is 4.98 Å². The Morgan fingerprint density at radius 3 is 2.82 bits per heavy atom. The summed E-state index contributed by atoms with van der Waals surface area (Å²) >= 11 is 5.74. The average molecular weight is 251 g/mol. The van der Waals surface area contributed by atoms with E-state index in [1.165, 1.54) is 6.07 Å². The first kappa shape index (κ1) is 11.5. The number of rotatable bonds is 3. The molecule has 0 amide bonds. The Morgan fingerprint density at radius 2 is 2.06 bits per heavy atom. The number of aromatic hydroxyl groups is 2. The van der Waals surface area contributed by atoms with E-state index in [0.29, 0.717) is 17.3 Å². The van der Waals surface area contributed by atoms with E-state index in [9.17, 15) is 10.2 Å². The predicted octanol–water partition coefficient (Wildman–Crippen LogP) is 2.76. The molecule has 3 N–H and O–H groups in total. The molecule has 0 aliphatic heterocycles. The zero-order valence-electron chi connectivity index (χ0n) is 8.89. The van der Waals surface area contributed by atoms with Crippen molar-refractivity contribution in [1.82, 2.24) is 4.98 Å². The van der Waals surface area contributed by atoms with Crippen molar-refractivity contribution in [1.29, 1.82) is 0 Å². The van der Waals surface area contributed by atoms with Gasteiger partial charge in [0.1, 0.15) is 5.15 Å². The second kappa shape index (κ2) is 4.93. The summed E-state index contributed by atoms with van der Waals surface area (Å²) in [6.07, 6.45) is 1.59. The van der Waals surface area contributed by atoms with Crippen LogP contribution in [0.3, 0.4) is 0 Å². The van der Waals surface area contributed by atoms with Crippen molar-refractivity contribution in [2.75, 3.05) is 5.32 Å². The van der Waals surface area contributed by atoms with E-state index in [4.69, 9.17) is 11.6 Å². The third-order valence-electron chi connectivity index (χ3n) is 2.31. The molecule has 17 heavy (non-hydrogen) atoms. The number of nitrogens with one attached hydrogen (secondary N) is 1. The number of anilines is 1. The van der Waals surface area contributed by atoms with Gasteiger partial charge in [0.15, 0.2) is 11.5 Å². The Kier molecular flexibility index (Phi) is 3.35. The Bertz CT molecular complexity index is 532. The highest BCUT2D eigenvalue weighted by molar-refractivity contribution is 6.29. The Morgan fingerprint density at radius 1 is 1.24 bits per heavy atom. The average Bonchev–Trinajstić information content (AvgIpc) is 2.31. The topological polar surface area (TPSA) is 65.4 Å². The SMILES string of the molecule is Oc1cccc(CNc2ccnc(Cl)c2)c1O. The van der Waals surface area contributed by atoms with Crippen LogP contribution in [0.15, 0.2) is 36.5 Å². The zero-order valence-corrected chi connectivity index (χ0v) is 9.65. The summed E-state index contributed by atoms with van der Waals surface area (Å²) in [6, 6.07) is 8.28.